The average Bonchev–Trinajstić information content (AvgIpc) is 2.16. The first-order valence-corrected chi connectivity index (χ1v) is 4.71. The number of nitrogens with one attached hydrogen (secondary N) is 1. The van der Waals surface area contributed by atoms with Gasteiger partial charge in [-0.3, -0.25) is 4.79 Å². The summed E-state index contributed by atoms with van der Waals surface area (Å²) in [5, 5.41) is 2.64. The molecule has 0 fully saturated rings. The normalized spacial score (nSPS) is 16.9. The van der Waals surface area contributed by atoms with Crippen molar-refractivity contribution in [2.75, 3.05) is 7.05 Å². The fourth-order valence-corrected chi connectivity index (χ4v) is 1.53. The van der Waals surface area contributed by atoms with Crippen LogP contribution in [-0.2, 0) is 4.79 Å². The minimum atomic E-state index is 0.154. The van der Waals surface area contributed by atoms with Crippen LogP contribution < -0.4 is 5.32 Å². The second kappa shape index (κ2) is 4.96. The van der Waals surface area contributed by atoms with Gasteiger partial charge in [-0.2, -0.15) is 0 Å². The van der Waals surface area contributed by atoms with Crippen LogP contribution in [0.3, 0.4) is 0 Å². The minimum Gasteiger partial charge on any atom is -0.359 e. The highest BCUT2D eigenvalue weighted by atomic mass is 16.1. The molecule has 0 atom stereocenters. The summed E-state index contributed by atoms with van der Waals surface area (Å²) in [7, 11) is 1.69. The van der Waals surface area contributed by atoms with E-state index in [1.807, 2.05) is 0 Å². The van der Waals surface area contributed by atoms with Crippen molar-refractivity contribution in [3.63, 3.8) is 0 Å². The number of amides is 1. The number of allylic oxidation sites excluding steroid dienone is 2. The molecule has 2 heteroatoms. The Bertz CT molecular complexity index is 184. The van der Waals surface area contributed by atoms with Crippen LogP contribution >= 0.6 is 0 Å². The standard InChI is InChI=1S/C10H17NO/c1-11-10(12)8-7-9-5-3-2-4-6-9/h5H,2-4,6-8H2,1H3,(H,11,12). The number of carbonyl (C=O) groups excluding carboxylic acids is 1. The van der Waals surface area contributed by atoms with Gasteiger partial charge >= 0.3 is 0 Å². The van der Waals surface area contributed by atoms with E-state index in [9.17, 15) is 4.79 Å². The summed E-state index contributed by atoms with van der Waals surface area (Å²) < 4.78 is 0. The zero-order valence-corrected chi connectivity index (χ0v) is 7.73. The molecule has 0 aromatic rings. The third-order valence-electron chi connectivity index (χ3n) is 2.34. The Morgan fingerprint density at radius 2 is 2.42 bits per heavy atom. The molecule has 2 nitrogen and oxygen atoms in total. The summed E-state index contributed by atoms with van der Waals surface area (Å²) in [4.78, 5) is 10.9. The second-order valence-electron chi connectivity index (χ2n) is 3.28. The molecule has 0 radical (unpaired) electrons. The van der Waals surface area contributed by atoms with Crippen LogP contribution in [0.1, 0.15) is 38.5 Å². The molecule has 1 aliphatic rings. The summed E-state index contributed by atoms with van der Waals surface area (Å²) in [5.74, 6) is 0.154. The van der Waals surface area contributed by atoms with Gasteiger partial charge in [-0.15, -0.1) is 0 Å². The van der Waals surface area contributed by atoms with Gasteiger partial charge in [0.05, 0.1) is 0 Å². The maximum atomic E-state index is 10.9. The molecule has 12 heavy (non-hydrogen) atoms. The highest BCUT2D eigenvalue weighted by molar-refractivity contribution is 5.75. The van der Waals surface area contributed by atoms with Crippen molar-refractivity contribution in [2.45, 2.75) is 38.5 Å². The maximum Gasteiger partial charge on any atom is 0.220 e. The van der Waals surface area contributed by atoms with Gasteiger partial charge < -0.3 is 5.32 Å². The molecule has 0 aromatic heterocycles. The van der Waals surface area contributed by atoms with Gasteiger partial charge in [0.2, 0.25) is 5.91 Å². The Morgan fingerprint density at radius 1 is 1.58 bits per heavy atom. The Balaban J connectivity index is 2.21. The van der Waals surface area contributed by atoms with Crippen LogP contribution in [-0.4, -0.2) is 13.0 Å². The molecule has 0 saturated carbocycles. The van der Waals surface area contributed by atoms with E-state index in [1.54, 1.807) is 7.05 Å². The molecule has 1 rings (SSSR count). The van der Waals surface area contributed by atoms with Gasteiger partial charge in [0.1, 0.15) is 0 Å². The molecule has 0 aliphatic heterocycles. The van der Waals surface area contributed by atoms with Crippen molar-refractivity contribution in [3.8, 4) is 0 Å². The molecule has 0 unspecified atom stereocenters. The monoisotopic (exact) mass is 167 g/mol. The van der Waals surface area contributed by atoms with Crippen LogP contribution in [0.15, 0.2) is 11.6 Å². The number of hydrogen-bond donors (Lipinski definition) is 1. The molecule has 0 saturated heterocycles. The molecular formula is C10H17NO. The SMILES string of the molecule is CNC(=O)CCC1=CCCCC1. The lowest BCUT2D eigenvalue weighted by atomic mass is 9.96. The van der Waals surface area contributed by atoms with Crippen LogP contribution in [0.4, 0.5) is 0 Å². The van der Waals surface area contributed by atoms with E-state index in [4.69, 9.17) is 0 Å². The minimum absolute atomic E-state index is 0.154. The molecule has 1 N–H and O–H groups in total. The van der Waals surface area contributed by atoms with E-state index < -0.39 is 0 Å². The maximum absolute atomic E-state index is 10.9. The third kappa shape index (κ3) is 3.07. The lowest BCUT2D eigenvalue weighted by molar-refractivity contribution is -0.120. The van der Waals surface area contributed by atoms with E-state index in [-0.39, 0.29) is 5.91 Å². The summed E-state index contributed by atoms with van der Waals surface area (Å²) >= 11 is 0. The van der Waals surface area contributed by atoms with Crippen molar-refractivity contribution in [2.24, 2.45) is 0 Å². The first-order chi connectivity index (χ1) is 5.83. The fraction of sp³-hybridized carbons (Fsp3) is 0.700. The molecular weight excluding hydrogens is 150 g/mol. The lowest BCUT2D eigenvalue weighted by Gasteiger charge is -2.11. The molecule has 0 spiro atoms. The van der Waals surface area contributed by atoms with Crippen molar-refractivity contribution in [1.29, 1.82) is 0 Å². The predicted molar refractivity (Wildman–Crippen MR) is 49.9 cm³/mol. The molecule has 68 valence electrons. The Morgan fingerprint density at radius 3 is 3.00 bits per heavy atom. The van der Waals surface area contributed by atoms with Gasteiger partial charge in [0.25, 0.3) is 0 Å². The van der Waals surface area contributed by atoms with Gasteiger partial charge in [-0.25, -0.2) is 0 Å². The first kappa shape index (κ1) is 9.30. The number of hydrogen-bond acceptors (Lipinski definition) is 1. The van der Waals surface area contributed by atoms with Gasteiger partial charge in [0, 0.05) is 13.5 Å². The van der Waals surface area contributed by atoms with E-state index in [2.05, 4.69) is 11.4 Å². The van der Waals surface area contributed by atoms with Crippen LogP contribution in [0.5, 0.6) is 0 Å². The second-order valence-corrected chi connectivity index (χ2v) is 3.28. The Labute approximate surface area is 74.0 Å². The van der Waals surface area contributed by atoms with Crippen LogP contribution in [0, 0.1) is 0 Å². The Hall–Kier alpha value is -0.790. The molecule has 0 heterocycles. The summed E-state index contributed by atoms with van der Waals surface area (Å²) in [6.07, 6.45) is 8.96. The quantitative estimate of drug-likeness (QED) is 0.640. The van der Waals surface area contributed by atoms with Gasteiger partial charge in [-0.1, -0.05) is 11.6 Å². The summed E-state index contributed by atoms with van der Waals surface area (Å²) in [6.45, 7) is 0. The van der Waals surface area contributed by atoms with Crippen molar-refractivity contribution < 1.29 is 4.79 Å². The average molecular weight is 167 g/mol. The zero-order valence-electron chi connectivity index (χ0n) is 7.73. The smallest absolute Gasteiger partial charge is 0.220 e. The molecule has 0 bridgehead atoms. The van der Waals surface area contributed by atoms with Crippen LogP contribution in [0.2, 0.25) is 0 Å². The van der Waals surface area contributed by atoms with Crippen molar-refractivity contribution >= 4 is 5.91 Å². The van der Waals surface area contributed by atoms with Crippen LogP contribution in [0.25, 0.3) is 0 Å². The summed E-state index contributed by atoms with van der Waals surface area (Å²) in [5.41, 5.74) is 1.48. The predicted octanol–water partition coefficient (Wildman–Crippen LogP) is 2.01. The van der Waals surface area contributed by atoms with E-state index in [0.29, 0.717) is 6.42 Å². The molecule has 1 amide bonds. The zero-order chi connectivity index (χ0) is 8.81. The largest absolute Gasteiger partial charge is 0.359 e. The number of carbonyl (C=O) groups is 1. The topological polar surface area (TPSA) is 29.1 Å². The fourth-order valence-electron chi connectivity index (χ4n) is 1.53. The molecule has 1 aliphatic carbocycles. The first-order valence-electron chi connectivity index (χ1n) is 4.71. The van der Waals surface area contributed by atoms with E-state index in [0.717, 1.165) is 6.42 Å². The third-order valence-corrected chi connectivity index (χ3v) is 2.34. The summed E-state index contributed by atoms with van der Waals surface area (Å²) in [6, 6.07) is 0. The number of rotatable bonds is 3. The van der Waals surface area contributed by atoms with E-state index in [1.165, 1.54) is 31.3 Å². The van der Waals surface area contributed by atoms with Crippen molar-refractivity contribution in [1.82, 2.24) is 5.32 Å². The van der Waals surface area contributed by atoms with Crippen molar-refractivity contribution in [3.05, 3.63) is 11.6 Å². The highest BCUT2D eigenvalue weighted by Crippen LogP contribution is 2.20. The lowest BCUT2D eigenvalue weighted by Crippen LogP contribution is -2.17. The van der Waals surface area contributed by atoms with Gasteiger partial charge in [0.15, 0.2) is 0 Å². The van der Waals surface area contributed by atoms with Gasteiger partial charge in [-0.05, 0) is 32.1 Å². The Kier molecular flexibility index (Phi) is 3.85. The highest BCUT2D eigenvalue weighted by Gasteiger charge is 2.05. The molecule has 0 aromatic carbocycles. The van der Waals surface area contributed by atoms with E-state index >= 15 is 0 Å².